The fourth-order valence-electron chi connectivity index (χ4n) is 0.976. The van der Waals surface area contributed by atoms with Crippen LogP contribution in [0.4, 0.5) is 0 Å². The van der Waals surface area contributed by atoms with Crippen LogP contribution in [0.2, 0.25) is 0 Å². The molecule has 3 nitrogen and oxygen atoms in total. The van der Waals surface area contributed by atoms with Crippen molar-refractivity contribution in [1.82, 2.24) is 8.75 Å². The van der Waals surface area contributed by atoms with Crippen molar-refractivity contribution in [3.05, 3.63) is 11.9 Å². The number of carbonyl (C=O) groups is 1. The molecular formula is C7H8N2OS. The standard InChI is InChI=1S/C7H8N2OS/c10-7(3-5-1-2-5)6-4-8-11-9-6/h4-5H,1-3H2. The first-order valence-corrected chi connectivity index (χ1v) is 4.40. The Balaban J connectivity index is 1.99. The largest absolute Gasteiger partial charge is 0.292 e. The van der Waals surface area contributed by atoms with E-state index < -0.39 is 0 Å². The Morgan fingerprint density at radius 1 is 1.73 bits per heavy atom. The summed E-state index contributed by atoms with van der Waals surface area (Å²) in [6, 6.07) is 0. The molecule has 1 aromatic rings. The molecule has 0 unspecified atom stereocenters. The van der Waals surface area contributed by atoms with E-state index in [1.54, 1.807) is 6.20 Å². The van der Waals surface area contributed by atoms with E-state index in [9.17, 15) is 4.79 Å². The van der Waals surface area contributed by atoms with Gasteiger partial charge in [-0.1, -0.05) is 0 Å². The highest BCUT2D eigenvalue weighted by molar-refractivity contribution is 6.99. The van der Waals surface area contributed by atoms with Gasteiger partial charge in [0.25, 0.3) is 0 Å². The minimum atomic E-state index is 0.154. The van der Waals surface area contributed by atoms with Crippen LogP contribution in [0, 0.1) is 5.92 Å². The second kappa shape index (κ2) is 2.70. The van der Waals surface area contributed by atoms with E-state index in [1.165, 1.54) is 12.8 Å². The summed E-state index contributed by atoms with van der Waals surface area (Å²) in [5, 5.41) is 0. The molecule has 0 atom stereocenters. The van der Waals surface area contributed by atoms with Crippen molar-refractivity contribution in [2.45, 2.75) is 19.3 Å². The van der Waals surface area contributed by atoms with Crippen molar-refractivity contribution in [3.8, 4) is 0 Å². The molecule has 0 amide bonds. The Hall–Kier alpha value is -0.770. The van der Waals surface area contributed by atoms with Gasteiger partial charge >= 0.3 is 0 Å². The Labute approximate surface area is 68.8 Å². The molecule has 1 aromatic heterocycles. The minimum absolute atomic E-state index is 0.154. The lowest BCUT2D eigenvalue weighted by atomic mass is 10.2. The quantitative estimate of drug-likeness (QED) is 0.643. The average Bonchev–Trinajstić information content (AvgIpc) is 2.67. The predicted octanol–water partition coefficient (Wildman–Crippen LogP) is 1.52. The van der Waals surface area contributed by atoms with Crippen LogP contribution < -0.4 is 0 Å². The first-order valence-electron chi connectivity index (χ1n) is 3.67. The Bertz CT molecular complexity index is 253. The predicted molar refractivity (Wildman–Crippen MR) is 41.6 cm³/mol. The third-order valence-electron chi connectivity index (χ3n) is 1.82. The lowest BCUT2D eigenvalue weighted by molar-refractivity contribution is 0.0972. The van der Waals surface area contributed by atoms with Gasteiger partial charge in [-0.15, -0.1) is 0 Å². The van der Waals surface area contributed by atoms with Crippen molar-refractivity contribution in [1.29, 1.82) is 0 Å². The molecule has 1 saturated carbocycles. The van der Waals surface area contributed by atoms with Crippen LogP contribution in [0.15, 0.2) is 6.20 Å². The number of hydrogen-bond donors (Lipinski definition) is 0. The Kier molecular flexibility index (Phi) is 1.69. The highest BCUT2D eigenvalue weighted by Gasteiger charge is 2.25. The maximum Gasteiger partial charge on any atom is 0.184 e. The van der Waals surface area contributed by atoms with Gasteiger partial charge in [0, 0.05) is 6.42 Å². The fraction of sp³-hybridized carbons (Fsp3) is 0.571. The first kappa shape index (κ1) is 6.91. The van der Waals surface area contributed by atoms with Gasteiger partial charge < -0.3 is 0 Å². The van der Waals surface area contributed by atoms with Gasteiger partial charge in [-0.3, -0.25) is 4.79 Å². The topological polar surface area (TPSA) is 42.9 Å². The highest BCUT2D eigenvalue weighted by Crippen LogP contribution is 2.33. The number of hydrogen-bond acceptors (Lipinski definition) is 4. The van der Waals surface area contributed by atoms with E-state index in [4.69, 9.17) is 0 Å². The van der Waals surface area contributed by atoms with Crippen LogP contribution in [0.25, 0.3) is 0 Å². The molecule has 0 N–H and O–H groups in total. The number of nitrogens with zero attached hydrogens (tertiary/aromatic N) is 2. The van der Waals surface area contributed by atoms with E-state index in [0.717, 1.165) is 11.7 Å². The molecule has 2 rings (SSSR count). The Morgan fingerprint density at radius 3 is 3.09 bits per heavy atom. The number of ketones is 1. The van der Waals surface area contributed by atoms with Gasteiger partial charge in [0.05, 0.1) is 17.9 Å². The van der Waals surface area contributed by atoms with Crippen LogP contribution in [0.5, 0.6) is 0 Å². The molecule has 4 heteroatoms. The summed E-state index contributed by atoms with van der Waals surface area (Å²) in [5.74, 6) is 0.797. The number of aromatic nitrogens is 2. The summed E-state index contributed by atoms with van der Waals surface area (Å²) in [6.07, 6.45) is 4.65. The van der Waals surface area contributed by atoms with Crippen LogP contribution in [-0.4, -0.2) is 14.5 Å². The average molecular weight is 168 g/mol. The van der Waals surface area contributed by atoms with E-state index in [1.807, 2.05) is 0 Å². The first-order chi connectivity index (χ1) is 5.36. The molecular weight excluding hydrogens is 160 g/mol. The molecule has 1 heterocycles. The molecule has 58 valence electrons. The molecule has 0 aromatic carbocycles. The van der Waals surface area contributed by atoms with Crippen LogP contribution >= 0.6 is 11.7 Å². The van der Waals surface area contributed by atoms with Crippen LogP contribution in [0.1, 0.15) is 29.8 Å². The summed E-state index contributed by atoms with van der Waals surface area (Å²) in [7, 11) is 0. The maximum absolute atomic E-state index is 11.3. The lowest BCUT2D eigenvalue weighted by Gasteiger charge is -1.90. The summed E-state index contributed by atoms with van der Waals surface area (Å²) < 4.78 is 7.66. The van der Waals surface area contributed by atoms with E-state index in [-0.39, 0.29) is 5.78 Å². The number of Topliss-reactive ketones (excluding diaryl/α,β-unsaturated/α-hetero) is 1. The summed E-state index contributed by atoms with van der Waals surface area (Å²) >= 11 is 1.09. The van der Waals surface area contributed by atoms with Gasteiger partial charge in [-0.2, -0.15) is 8.75 Å². The van der Waals surface area contributed by atoms with E-state index in [0.29, 0.717) is 18.0 Å². The van der Waals surface area contributed by atoms with Gasteiger partial charge in [-0.05, 0) is 18.8 Å². The second-order valence-corrected chi connectivity index (χ2v) is 3.42. The summed E-state index contributed by atoms with van der Waals surface area (Å²) in [5.41, 5.74) is 0.543. The molecule has 0 bridgehead atoms. The lowest BCUT2D eigenvalue weighted by Crippen LogP contribution is -1.99. The zero-order valence-corrected chi connectivity index (χ0v) is 6.80. The molecule has 11 heavy (non-hydrogen) atoms. The maximum atomic E-state index is 11.3. The number of carbonyl (C=O) groups excluding carboxylic acids is 1. The second-order valence-electron chi connectivity index (χ2n) is 2.86. The number of rotatable bonds is 3. The summed E-state index contributed by atoms with van der Waals surface area (Å²) in [6.45, 7) is 0. The summed E-state index contributed by atoms with van der Waals surface area (Å²) in [4.78, 5) is 11.3. The van der Waals surface area contributed by atoms with E-state index >= 15 is 0 Å². The molecule has 0 aliphatic heterocycles. The third kappa shape index (κ3) is 1.63. The molecule has 1 fully saturated rings. The van der Waals surface area contributed by atoms with Gasteiger partial charge in [0.2, 0.25) is 0 Å². The van der Waals surface area contributed by atoms with Gasteiger partial charge in [0.15, 0.2) is 5.78 Å². The Morgan fingerprint density at radius 2 is 2.55 bits per heavy atom. The fourth-order valence-corrected chi connectivity index (χ4v) is 1.41. The highest BCUT2D eigenvalue weighted by atomic mass is 32.1. The SMILES string of the molecule is O=C(CC1CC1)c1cnsn1. The van der Waals surface area contributed by atoms with Crippen molar-refractivity contribution in [2.24, 2.45) is 5.92 Å². The zero-order valence-electron chi connectivity index (χ0n) is 5.99. The molecule has 0 saturated heterocycles. The van der Waals surface area contributed by atoms with E-state index in [2.05, 4.69) is 8.75 Å². The zero-order chi connectivity index (χ0) is 7.68. The van der Waals surface area contributed by atoms with Gasteiger partial charge in [-0.25, -0.2) is 0 Å². The molecule has 1 aliphatic rings. The minimum Gasteiger partial charge on any atom is -0.292 e. The van der Waals surface area contributed by atoms with Crippen molar-refractivity contribution >= 4 is 17.5 Å². The van der Waals surface area contributed by atoms with Crippen molar-refractivity contribution < 1.29 is 4.79 Å². The molecule has 0 spiro atoms. The van der Waals surface area contributed by atoms with Crippen molar-refractivity contribution in [2.75, 3.05) is 0 Å². The smallest absolute Gasteiger partial charge is 0.184 e. The molecule has 0 radical (unpaired) electrons. The third-order valence-corrected chi connectivity index (χ3v) is 2.30. The monoisotopic (exact) mass is 168 g/mol. The van der Waals surface area contributed by atoms with Gasteiger partial charge in [0.1, 0.15) is 5.69 Å². The van der Waals surface area contributed by atoms with Crippen LogP contribution in [0.3, 0.4) is 0 Å². The van der Waals surface area contributed by atoms with Crippen molar-refractivity contribution in [3.63, 3.8) is 0 Å². The van der Waals surface area contributed by atoms with Crippen LogP contribution in [-0.2, 0) is 0 Å². The molecule has 1 aliphatic carbocycles. The normalized spacial score (nSPS) is 16.7.